The molecule has 8 heteroatoms. The lowest BCUT2D eigenvalue weighted by Gasteiger charge is -2.19. The van der Waals surface area contributed by atoms with E-state index in [2.05, 4.69) is 36.2 Å². The molecule has 0 radical (unpaired) electrons. The number of nitrogens with two attached hydrogens (primary N) is 1. The largest absolute Gasteiger partial charge is 0.497 e. The third kappa shape index (κ3) is 5.59. The van der Waals surface area contributed by atoms with Crippen molar-refractivity contribution in [2.45, 2.75) is 18.9 Å². The van der Waals surface area contributed by atoms with Crippen LogP contribution in [0, 0.1) is 0 Å². The van der Waals surface area contributed by atoms with Crippen molar-refractivity contribution in [3.63, 3.8) is 0 Å². The quantitative estimate of drug-likeness (QED) is 0.411. The zero-order valence-electron chi connectivity index (χ0n) is 17.2. The summed E-state index contributed by atoms with van der Waals surface area (Å²) >= 11 is 3.48. The van der Waals surface area contributed by atoms with E-state index in [1.807, 2.05) is 54.6 Å². The zero-order chi connectivity index (χ0) is 21.6. The Morgan fingerprint density at radius 2 is 1.61 bits per heavy atom. The van der Waals surface area contributed by atoms with E-state index in [0.717, 1.165) is 45.6 Å². The normalized spacial score (nSPS) is 15.0. The van der Waals surface area contributed by atoms with Gasteiger partial charge in [-0.3, -0.25) is 5.32 Å². The van der Waals surface area contributed by atoms with Crippen molar-refractivity contribution >= 4 is 27.8 Å². The van der Waals surface area contributed by atoms with Crippen molar-refractivity contribution in [3.05, 3.63) is 59.1 Å². The van der Waals surface area contributed by atoms with Gasteiger partial charge in [0.1, 0.15) is 5.75 Å². The van der Waals surface area contributed by atoms with Crippen molar-refractivity contribution < 1.29 is 9.47 Å². The van der Waals surface area contributed by atoms with E-state index in [0.29, 0.717) is 25.1 Å². The van der Waals surface area contributed by atoms with Crippen LogP contribution < -0.4 is 15.8 Å². The molecule has 0 amide bonds. The van der Waals surface area contributed by atoms with Crippen molar-refractivity contribution in [1.82, 2.24) is 9.97 Å². The van der Waals surface area contributed by atoms with Gasteiger partial charge in [0, 0.05) is 28.8 Å². The average Bonchev–Trinajstić information content (AvgIpc) is 2.80. The summed E-state index contributed by atoms with van der Waals surface area (Å²) in [5.74, 6) is 1.50. The van der Waals surface area contributed by atoms with Crippen LogP contribution in [0.3, 0.4) is 0 Å². The highest BCUT2D eigenvalue weighted by atomic mass is 79.9. The van der Waals surface area contributed by atoms with Crippen molar-refractivity contribution in [3.8, 4) is 28.3 Å². The number of rotatable bonds is 5. The molecule has 0 atom stereocenters. The molecule has 7 nitrogen and oxygen atoms in total. The van der Waals surface area contributed by atoms with E-state index >= 15 is 0 Å². The summed E-state index contributed by atoms with van der Waals surface area (Å²) in [7, 11) is 1.65. The monoisotopic (exact) mass is 481 g/mol. The molecule has 1 aliphatic heterocycles. The summed E-state index contributed by atoms with van der Waals surface area (Å²) in [6, 6.07) is 17.8. The molecular weight excluding hydrogens is 458 g/mol. The summed E-state index contributed by atoms with van der Waals surface area (Å²) in [4.78, 5) is 13.9. The number of hydrogen-bond donors (Lipinski definition) is 2. The zero-order valence-corrected chi connectivity index (χ0v) is 18.8. The Labute approximate surface area is 189 Å². The molecule has 3 N–H and O–H groups in total. The summed E-state index contributed by atoms with van der Waals surface area (Å²) in [5, 5.41) is 3.07. The van der Waals surface area contributed by atoms with E-state index in [-0.39, 0.29) is 6.04 Å². The Hall–Kier alpha value is -2.97. The Morgan fingerprint density at radius 3 is 2.19 bits per heavy atom. The highest BCUT2D eigenvalue weighted by molar-refractivity contribution is 9.10. The van der Waals surface area contributed by atoms with Crippen LogP contribution in [0.15, 0.2) is 64.1 Å². The van der Waals surface area contributed by atoms with Crippen LogP contribution in [0.5, 0.6) is 5.75 Å². The molecule has 160 valence electrons. The van der Waals surface area contributed by atoms with Gasteiger partial charge in [-0.05, 0) is 55.3 Å². The lowest BCUT2D eigenvalue weighted by Crippen LogP contribution is -2.28. The van der Waals surface area contributed by atoms with Crippen LogP contribution in [-0.4, -0.2) is 42.3 Å². The molecule has 0 spiro atoms. The van der Waals surface area contributed by atoms with Gasteiger partial charge in [0.05, 0.1) is 24.5 Å². The van der Waals surface area contributed by atoms with E-state index in [1.165, 1.54) is 0 Å². The second-order valence-electron chi connectivity index (χ2n) is 7.18. The number of guanidine groups is 1. The molecule has 31 heavy (non-hydrogen) atoms. The second kappa shape index (κ2) is 9.89. The van der Waals surface area contributed by atoms with Gasteiger partial charge in [-0.15, -0.1) is 0 Å². The number of ether oxygens (including phenoxy) is 2. The molecule has 1 fully saturated rings. The molecule has 1 saturated heterocycles. The SMILES string of the molecule is COc1ccc(-c2cc(-c3ccc(Br)cc3)nc(NC(N)=NC3CCOCC3)n2)cc1. The van der Waals surface area contributed by atoms with Gasteiger partial charge in [-0.2, -0.15) is 0 Å². The minimum absolute atomic E-state index is 0.150. The number of nitrogens with one attached hydrogen (secondary N) is 1. The van der Waals surface area contributed by atoms with Crippen LogP contribution >= 0.6 is 15.9 Å². The van der Waals surface area contributed by atoms with Crippen molar-refractivity contribution in [2.75, 3.05) is 25.6 Å². The smallest absolute Gasteiger partial charge is 0.230 e. The number of nitrogens with zero attached hydrogens (tertiary/aromatic N) is 3. The average molecular weight is 482 g/mol. The minimum Gasteiger partial charge on any atom is -0.497 e. The lowest BCUT2D eigenvalue weighted by molar-refractivity contribution is 0.0871. The number of benzene rings is 2. The summed E-state index contributed by atoms with van der Waals surface area (Å²) in [6.07, 6.45) is 1.72. The molecule has 1 aromatic heterocycles. The van der Waals surface area contributed by atoms with Gasteiger partial charge in [-0.1, -0.05) is 28.1 Å². The van der Waals surface area contributed by atoms with E-state index < -0.39 is 0 Å². The number of aromatic nitrogens is 2. The molecule has 1 aliphatic rings. The Morgan fingerprint density at radius 1 is 1.03 bits per heavy atom. The van der Waals surface area contributed by atoms with Crippen molar-refractivity contribution in [1.29, 1.82) is 0 Å². The molecular formula is C23H24BrN5O2. The van der Waals surface area contributed by atoms with Crippen LogP contribution in [0.25, 0.3) is 22.5 Å². The van der Waals surface area contributed by atoms with Gasteiger partial charge < -0.3 is 15.2 Å². The Balaban J connectivity index is 1.68. The summed E-state index contributed by atoms with van der Waals surface area (Å²) in [5.41, 5.74) is 9.65. The van der Waals surface area contributed by atoms with E-state index in [4.69, 9.17) is 15.2 Å². The number of anilines is 1. The molecule has 0 bridgehead atoms. The third-order valence-electron chi connectivity index (χ3n) is 5.00. The first-order valence-corrected chi connectivity index (χ1v) is 10.9. The molecule has 0 aliphatic carbocycles. The molecule has 0 saturated carbocycles. The maximum absolute atomic E-state index is 6.17. The maximum atomic E-state index is 6.17. The van der Waals surface area contributed by atoms with E-state index in [9.17, 15) is 0 Å². The number of methoxy groups -OCH3 is 1. The van der Waals surface area contributed by atoms with E-state index in [1.54, 1.807) is 7.11 Å². The predicted molar refractivity (Wildman–Crippen MR) is 126 cm³/mol. The number of aliphatic imine (C=N–C) groups is 1. The molecule has 0 unspecified atom stereocenters. The first-order chi connectivity index (χ1) is 15.1. The summed E-state index contributed by atoms with van der Waals surface area (Å²) < 4.78 is 11.7. The predicted octanol–water partition coefficient (Wildman–Crippen LogP) is 4.49. The fourth-order valence-electron chi connectivity index (χ4n) is 3.34. The summed E-state index contributed by atoms with van der Waals surface area (Å²) in [6.45, 7) is 1.41. The van der Waals surface area contributed by atoms with Crippen LogP contribution in [-0.2, 0) is 4.74 Å². The van der Waals surface area contributed by atoms with Crippen LogP contribution in [0.4, 0.5) is 5.95 Å². The third-order valence-corrected chi connectivity index (χ3v) is 5.53. The fourth-order valence-corrected chi connectivity index (χ4v) is 3.60. The van der Waals surface area contributed by atoms with Gasteiger partial charge in [0.2, 0.25) is 5.95 Å². The lowest BCUT2D eigenvalue weighted by atomic mass is 10.1. The van der Waals surface area contributed by atoms with Gasteiger partial charge in [0.15, 0.2) is 5.96 Å². The van der Waals surface area contributed by atoms with Crippen molar-refractivity contribution in [2.24, 2.45) is 10.7 Å². The Bertz CT molecular complexity index is 1050. The first kappa shape index (κ1) is 21.3. The van der Waals surface area contributed by atoms with Gasteiger partial charge in [-0.25, -0.2) is 15.0 Å². The first-order valence-electron chi connectivity index (χ1n) is 10.1. The second-order valence-corrected chi connectivity index (χ2v) is 8.10. The maximum Gasteiger partial charge on any atom is 0.230 e. The fraction of sp³-hybridized carbons (Fsp3) is 0.261. The molecule has 2 aromatic carbocycles. The number of hydrogen-bond acceptors (Lipinski definition) is 5. The molecule has 4 rings (SSSR count). The highest BCUT2D eigenvalue weighted by Crippen LogP contribution is 2.27. The number of halogens is 1. The topological polar surface area (TPSA) is 94.7 Å². The highest BCUT2D eigenvalue weighted by Gasteiger charge is 2.14. The minimum atomic E-state index is 0.150. The molecule has 3 aromatic rings. The van der Waals surface area contributed by atoms with Crippen LogP contribution in [0.1, 0.15) is 12.8 Å². The van der Waals surface area contributed by atoms with Crippen LogP contribution in [0.2, 0.25) is 0 Å². The molecule has 2 heterocycles. The standard InChI is InChI=1S/C23H24BrN5O2/c1-30-19-8-4-16(5-9-19)21-14-20(15-2-6-17(24)7-3-15)27-23(28-21)29-22(25)26-18-10-12-31-13-11-18/h2-9,14,18H,10-13H2,1H3,(H3,25,26,27,28,29). The van der Waals surface area contributed by atoms with Gasteiger partial charge in [0.25, 0.3) is 0 Å². The van der Waals surface area contributed by atoms with Gasteiger partial charge >= 0.3 is 0 Å². The Kier molecular flexibility index (Phi) is 6.79.